The van der Waals surface area contributed by atoms with E-state index in [1.807, 2.05) is 13.1 Å². The number of aryl methyl sites for hydroxylation is 1. The second-order valence-corrected chi connectivity index (χ2v) is 5.38. The molecule has 0 spiro atoms. The van der Waals surface area contributed by atoms with Gasteiger partial charge in [-0.1, -0.05) is 6.92 Å². The molecule has 24 heavy (non-hydrogen) atoms. The average molecular weight is 332 g/mol. The molecule has 7 nitrogen and oxygen atoms in total. The van der Waals surface area contributed by atoms with E-state index in [4.69, 9.17) is 9.47 Å². The SMILES string of the molecule is CCCn1c(C)cnc1CCNC(=O)c1ccc(OC)nc1OC. The second kappa shape index (κ2) is 8.33. The quantitative estimate of drug-likeness (QED) is 0.800. The lowest BCUT2D eigenvalue weighted by atomic mass is 10.2. The zero-order valence-corrected chi connectivity index (χ0v) is 14.6. The number of aromatic nitrogens is 3. The molecule has 1 amide bonds. The van der Waals surface area contributed by atoms with E-state index in [9.17, 15) is 4.79 Å². The summed E-state index contributed by atoms with van der Waals surface area (Å²) in [5, 5.41) is 2.89. The smallest absolute Gasteiger partial charge is 0.256 e. The number of hydrogen-bond acceptors (Lipinski definition) is 5. The maximum atomic E-state index is 12.3. The Bertz CT molecular complexity index is 697. The van der Waals surface area contributed by atoms with E-state index in [-0.39, 0.29) is 11.8 Å². The van der Waals surface area contributed by atoms with E-state index in [1.165, 1.54) is 14.2 Å². The summed E-state index contributed by atoms with van der Waals surface area (Å²) in [5.41, 5.74) is 1.52. The van der Waals surface area contributed by atoms with Crippen molar-refractivity contribution in [3.63, 3.8) is 0 Å². The number of amides is 1. The fourth-order valence-electron chi connectivity index (χ4n) is 2.49. The molecule has 0 radical (unpaired) electrons. The van der Waals surface area contributed by atoms with Crippen molar-refractivity contribution >= 4 is 5.91 Å². The number of ether oxygens (including phenoxy) is 2. The Morgan fingerprint density at radius 1 is 1.29 bits per heavy atom. The van der Waals surface area contributed by atoms with Crippen LogP contribution in [0.15, 0.2) is 18.3 Å². The van der Waals surface area contributed by atoms with Crippen molar-refractivity contribution in [2.24, 2.45) is 0 Å². The molecule has 0 aromatic carbocycles. The molecule has 2 aromatic rings. The van der Waals surface area contributed by atoms with E-state index in [0.29, 0.717) is 24.4 Å². The predicted octanol–water partition coefficient (Wildman–Crippen LogP) is 1.99. The van der Waals surface area contributed by atoms with Crippen LogP contribution in [-0.4, -0.2) is 41.2 Å². The summed E-state index contributed by atoms with van der Waals surface area (Å²) in [6.07, 6.45) is 3.58. The normalized spacial score (nSPS) is 10.5. The molecule has 0 aliphatic heterocycles. The van der Waals surface area contributed by atoms with Crippen LogP contribution in [-0.2, 0) is 13.0 Å². The number of nitrogens with one attached hydrogen (secondary N) is 1. The Hall–Kier alpha value is -2.57. The fourth-order valence-corrected chi connectivity index (χ4v) is 2.49. The van der Waals surface area contributed by atoms with E-state index in [0.717, 1.165) is 24.5 Å². The van der Waals surface area contributed by atoms with Crippen LogP contribution in [0.2, 0.25) is 0 Å². The van der Waals surface area contributed by atoms with Crippen LogP contribution in [0.1, 0.15) is 35.2 Å². The van der Waals surface area contributed by atoms with Crippen molar-refractivity contribution in [3.05, 3.63) is 35.4 Å². The molecule has 0 saturated carbocycles. The number of pyridine rings is 1. The Balaban J connectivity index is 1.99. The first kappa shape index (κ1) is 17.8. The molecule has 7 heteroatoms. The molecule has 2 rings (SSSR count). The van der Waals surface area contributed by atoms with Gasteiger partial charge in [0.1, 0.15) is 11.4 Å². The number of carbonyl (C=O) groups excluding carboxylic acids is 1. The largest absolute Gasteiger partial charge is 0.481 e. The Kier molecular flexibility index (Phi) is 6.17. The van der Waals surface area contributed by atoms with Gasteiger partial charge in [0.2, 0.25) is 11.8 Å². The third-order valence-corrected chi connectivity index (χ3v) is 3.70. The topological polar surface area (TPSA) is 78.3 Å². The Labute approximate surface area is 142 Å². The molecule has 0 aliphatic rings. The molecular weight excluding hydrogens is 308 g/mol. The number of methoxy groups -OCH3 is 2. The average Bonchev–Trinajstić information content (AvgIpc) is 2.95. The number of imidazole rings is 1. The van der Waals surface area contributed by atoms with Crippen molar-refractivity contribution < 1.29 is 14.3 Å². The summed E-state index contributed by atoms with van der Waals surface area (Å²) in [7, 11) is 2.99. The molecule has 0 unspecified atom stereocenters. The van der Waals surface area contributed by atoms with Gasteiger partial charge in [-0.05, 0) is 19.4 Å². The minimum atomic E-state index is -0.229. The Morgan fingerprint density at radius 2 is 2.08 bits per heavy atom. The fraction of sp³-hybridized carbons (Fsp3) is 0.471. The molecule has 130 valence electrons. The van der Waals surface area contributed by atoms with E-state index < -0.39 is 0 Å². The number of rotatable bonds is 8. The summed E-state index contributed by atoms with van der Waals surface area (Å²) >= 11 is 0. The minimum Gasteiger partial charge on any atom is -0.481 e. The van der Waals surface area contributed by atoms with Gasteiger partial charge in [0, 0.05) is 37.5 Å². The number of carbonyl (C=O) groups is 1. The van der Waals surface area contributed by atoms with Crippen LogP contribution in [0.25, 0.3) is 0 Å². The van der Waals surface area contributed by atoms with Crippen LogP contribution in [0.3, 0.4) is 0 Å². The summed E-state index contributed by atoms with van der Waals surface area (Å²) < 4.78 is 12.4. The van der Waals surface area contributed by atoms with Gasteiger partial charge >= 0.3 is 0 Å². The molecule has 2 aromatic heterocycles. The minimum absolute atomic E-state index is 0.229. The third-order valence-electron chi connectivity index (χ3n) is 3.70. The van der Waals surface area contributed by atoms with Crippen molar-refractivity contribution in [2.75, 3.05) is 20.8 Å². The van der Waals surface area contributed by atoms with Gasteiger partial charge in [0.25, 0.3) is 5.91 Å². The van der Waals surface area contributed by atoms with Gasteiger partial charge in [0.15, 0.2) is 0 Å². The lowest BCUT2D eigenvalue weighted by Gasteiger charge is -2.11. The van der Waals surface area contributed by atoms with E-state index >= 15 is 0 Å². The summed E-state index contributed by atoms with van der Waals surface area (Å²) in [5.74, 6) is 1.40. The molecule has 0 fully saturated rings. The maximum absolute atomic E-state index is 12.3. The summed E-state index contributed by atoms with van der Waals surface area (Å²) in [6.45, 7) is 5.60. The highest BCUT2D eigenvalue weighted by molar-refractivity contribution is 5.96. The first-order valence-corrected chi connectivity index (χ1v) is 7.98. The molecule has 0 saturated heterocycles. The highest BCUT2D eigenvalue weighted by atomic mass is 16.5. The zero-order valence-electron chi connectivity index (χ0n) is 14.6. The van der Waals surface area contributed by atoms with Crippen LogP contribution < -0.4 is 14.8 Å². The standard InChI is InChI=1S/C17H24N4O3/c1-5-10-21-12(2)11-19-14(21)8-9-18-16(22)13-6-7-15(23-3)20-17(13)24-4/h6-7,11H,5,8-10H2,1-4H3,(H,18,22). The van der Waals surface area contributed by atoms with Crippen molar-refractivity contribution in [2.45, 2.75) is 33.2 Å². The third kappa shape index (κ3) is 4.04. The van der Waals surface area contributed by atoms with E-state index in [1.54, 1.807) is 12.1 Å². The lowest BCUT2D eigenvalue weighted by Crippen LogP contribution is -2.27. The second-order valence-electron chi connectivity index (χ2n) is 5.38. The summed E-state index contributed by atoms with van der Waals surface area (Å²) in [4.78, 5) is 20.9. The van der Waals surface area contributed by atoms with Gasteiger partial charge in [-0.15, -0.1) is 0 Å². The van der Waals surface area contributed by atoms with E-state index in [2.05, 4.69) is 26.8 Å². The first-order valence-electron chi connectivity index (χ1n) is 7.98. The summed E-state index contributed by atoms with van der Waals surface area (Å²) in [6, 6.07) is 3.27. The monoisotopic (exact) mass is 332 g/mol. The predicted molar refractivity (Wildman–Crippen MR) is 90.6 cm³/mol. The molecular formula is C17H24N4O3. The lowest BCUT2D eigenvalue weighted by molar-refractivity contribution is 0.0950. The van der Waals surface area contributed by atoms with Crippen LogP contribution in [0.4, 0.5) is 0 Å². The molecule has 0 aliphatic carbocycles. The first-order chi connectivity index (χ1) is 11.6. The molecule has 2 heterocycles. The van der Waals surface area contributed by atoms with Gasteiger partial charge in [-0.3, -0.25) is 4.79 Å². The van der Waals surface area contributed by atoms with Crippen LogP contribution in [0, 0.1) is 6.92 Å². The van der Waals surface area contributed by atoms with Crippen LogP contribution >= 0.6 is 0 Å². The van der Waals surface area contributed by atoms with Crippen molar-refractivity contribution in [1.29, 1.82) is 0 Å². The van der Waals surface area contributed by atoms with Crippen LogP contribution in [0.5, 0.6) is 11.8 Å². The van der Waals surface area contributed by atoms with Crippen molar-refractivity contribution in [3.8, 4) is 11.8 Å². The highest BCUT2D eigenvalue weighted by Crippen LogP contribution is 2.19. The maximum Gasteiger partial charge on any atom is 0.256 e. The molecule has 0 bridgehead atoms. The highest BCUT2D eigenvalue weighted by Gasteiger charge is 2.15. The molecule has 1 N–H and O–H groups in total. The van der Waals surface area contributed by atoms with Gasteiger partial charge in [0.05, 0.1) is 14.2 Å². The number of nitrogens with zero attached hydrogens (tertiary/aromatic N) is 3. The Morgan fingerprint density at radius 3 is 2.75 bits per heavy atom. The zero-order chi connectivity index (χ0) is 17.5. The molecule has 0 atom stereocenters. The van der Waals surface area contributed by atoms with Gasteiger partial charge in [-0.2, -0.15) is 4.98 Å². The van der Waals surface area contributed by atoms with Gasteiger partial charge < -0.3 is 19.4 Å². The van der Waals surface area contributed by atoms with Gasteiger partial charge in [-0.25, -0.2) is 4.98 Å². The van der Waals surface area contributed by atoms with Crippen molar-refractivity contribution in [1.82, 2.24) is 19.9 Å². The number of hydrogen-bond donors (Lipinski definition) is 1.